The standard InChI is InChI=1S/C10H17N3O2/c1-4-7(2)11-6-10(14)12-9-5-8(3)15-13-9/h5,7,11H,4,6H2,1-3H3,(H,12,13,14). The molecule has 0 fully saturated rings. The number of anilines is 1. The third-order valence-electron chi connectivity index (χ3n) is 2.12. The van der Waals surface area contributed by atoms with Gasteiger partial charge in [-0.25, -0.2) is 0 Å². The van der Waals surface area contributed by atoms with E-state index in [9.17, 15) is 4.79 Å². The summed E-state index contributed by atoms with van der Waals surface area (Å²) in [6.45, 7) is 6.17. The average molecular weight is 211 g/mol. The summed E-state index contributed by atoms with van der Waals surface area (Å²) < 4.78 is 4.83. The summed E-state index contributed by atoms with van der Waals surface area (Å²) >= 11 is 0. The fourth-order valence-electron chi connectivity index (χ4n) is 1.02. The van der Waals surface area contributed by atoms with Crippen molar-refractivity contribution in [2.45, 2.75) is 33.2 Å². The first kappa shape index (κ1) is 11.7. The highest BCUT2D eigenvalue weighted by Crippen LogP contribution is 2.06. The maximum atomic E-state index is 11.4. The molecule has 84 valence electrons. The Balaban J connectivity index is 2.30. The van der Waals surface area contributed by atoms with Crippen LogP contribution in [0.4, 0.5) is 5.82 Å². The van der Waals surface area contributed by atoms with Gasteiger partial charge in [0.2, 0.25) is 5.91 Å². The number of aromatic nitrogens is 1. The van der Waals surface area contributed by atoms with Crippen LogP contribution in [0.2, 0.25) is 0 Å². The molecule has 1 aromatic rings. The lowest BCUT2D eigenvalue weighted by Crippen LogP contribution is -2.34. The molecule has 1 unspecified atom stereocenters. The van der Waals surface area contributed by atoms with Crippen LogP contribution in [0.25, 0.3) is 0 Å². The Kier molecular flexibility index (Phi) is 4.30. The first-order valence-corrected chi connectivity index (χ1v) is 5.08. The van der Waals surface area contributed by atoms with Crippen LogP contribution in [0, 0.1) is 6.92 Å². The maximum Gasteiger partial charge on any atom is 0.239 e. The van der Waals surface area contributed by atoms with E-state index in [4.69, 9.17) is 4.52 Å². The molecule has 1 aromatic heterocycles. The SMILES string of the molecule is CCC(C)NCC(=O)Nc1cc(C)on1. The zero-order chi connectivity index (χ0) is 11.3. The second-order valence-corrected chi connectivity index (χ2v) is 3.56. The van der Waals surface area contributed by atoms with Gasteiger partial charge in [-0.2, -0.15) is 0 Å². The molecule has 0 aliphatic heterocycles. The largest absolute Gasteiger partial charge is 0.360 e. The maximum absolute atomic E-state index is 11.4. The Labute approximate surface area is 89.2 Å². The predicted molar refractivity (Wildman–Crippen MR) is 57.6 cm³/mol. The van der Waals surface area contributed by atoms with E-state index in [2.05, 4.69) is 22.7 Å². The zero-order valence-corrected chi connectivity index (χ0v) is 9.33. The monoisotopic (exact) mass is 211 g/mol. The predicted octanol–water partition coefficient (Wildman–Crippen LogP) is 1.31. The number of hydrogen-bond acceptors (Lipinski definition) is 4. The number of nitrogens with zero attached hydrogens (tertiary/aromatic N) is 1. The summed E-state index contributed by atoms with van der Waals surface area (Å²) in [5.41, 5.74) is 0. The van der Waals surface area contributed by atoms with Crippen molar-refractivity contribution in [1.29, 1.82) is 0 Å². The summed E-state index contributed by atoms with van der Waals surface area (Å²) in [5, 5.41) is 9.39. The zero-order valence-electron chi connectivity index (χ0n) is 9.33. The molecule has 0 bridgehead atoms. The number of amides is 1. The Bertz CT molecular complexity index is 322. The molecule has 1 amide bonds. The van der Waals surface area contributed by atoms with Crippen molar-refractivity contribution >= 4 is 11.7 Å². The van der Waals surface area contributed by atoms with Crippen molar-refractivity contribution < 1.29 is 9.32 Å². The van der Waals surface area contributed by atoms with E-state index in [0.29, 0.717) is 24.2 Å². The van der Waals surface area contributed by atoms with Crippen molar-refractivity contribution in [2.75, 3.05) is 11.9 Å². The average Bonchev–Trinajstić information content (AvgIpc) is 2.60. The van der Waals surface area contributed by atoms with Crippen LogP contribution in [0.3, 0.4) is 0 Å². The van der Waals surface area contributed by atoms with Crippen molar-refractivity contribution in [3.05, 3.63) is 11.8 Å². The smallest absolute Gasteiger partial charge is 0.239 e. The molecule has 0 aliphatic carbocycles. The fourth-order valence-corrected chi connectivity index (χ4v) is 1.02. The summed E-state index contributed by atoms with van der Waals surface area (Å²) in [5.74, 6) is 1.03. The van der Waals surface area contributed by atoms with Crippen LogP contribution in [0.5, 0.6) is 0 Å². The fraction of sp³-hybridized carbons (Fsp3) is 0.600. The van der Waals surface area contributed by atoms with E-state index in [0.717, 1.165) is 6.42 Å². The number of nitrogens with one attached hydrogen (secondary N) is 2. The lowest BCUT2D eigenvalue weighted by atomic mass is 10.2. The first-order chi connectivity index (χ1) is 7.11. The second kappa shape index (κ2) is 5.50. The van der Waals surface area contributed by atoms with Gasteiger partial charge in [0.15, 0.2) is 5.82 Å². The molecule has 0 saturated heterocycles. The highest BCUT2D eigenvalue weighted by molar-refractivity contribution is 5.91. The van der Waals surface area contributed by atoms with Crippen LogP contribution in [-0.4, -0.2) is 23.7 Å². The van der Waals surface area contributed by atoms with Crippen molar-refractivity contribution in [1.82, 2.24) is 10.5 Å². The molecular weight excluding hydrogens is 194 g/mol. The van der Waals surface area contributed by atoms with Crippen LogP contribution < -0.4 is 10.6 Å². The quantitative estimate of drug-likeness (QED) is 0.770. The molecular formula is C10H17N3O2. The van der Waals surface area contributed by atoms with Gasteiger partial charge in [0, 0.05) is 12.1 Å². The summed E-state index contributed by atoms with van der Waals surface area (Å²) in [6.07, 6.45) is 0.996. The Morgan fingerprint density at radius 1 is 1.67 bits per heavy atom. The van der Waals surface area contributed by atoms with E-state index in [1.807, 2.05) is 6.92 Å². The summed E-state index contributed by atoms with van der Waals surface area (Å²) in [7, 11) is 0. The number of carbonyl (C=O) groups is 1. The number of carbonyl (C=O) groups excluding carboxylic acids is 1. The minimum atomic E-state index is -0.108. The van der Waals surface area contributed by atoms with Gasteiger partial charge in [-0.15, -0.1) is 0 Å². The summed E-state index contributed by atoms with van der Waals surface area (Å²) in [6, 6.07) is 2.02. The van der Waals surface area contributed by atoms with Crippen LogP contribution >= 0.6 is 0 Å². The lowest BCUT2D eigenvalue weighted by molar-refractivity contribution is -0.115. The molecule has 2 N–H and O–H groups in total. The van der Waals surface area contributed by atoms with Gasteiger partial charge in [0.1, 0.15) is 5.76 Å². The van der Waals surface area contributed by atoms with E-state index >= 15 is 0 Å². The Morgan fingerprint density at radius 2 is 2.40 bits per heavy atom. The Hall–Kier alpha value is -1.36. The van der Waals surface area contributed by atoms with Gasteiger partial charge in [0.05, 0.1) is 6.54 Å². The molecule has 15 heavy (non-hydrogen) atoms. The second-order valence-electron chi connectivity index (χ2n) is 3.56. The van der Waals surface area contributed by atoms with Gasteiger partial charge < -0.3 is 15.2 Å². The van der Waals surface area contributed by atoms with Gasteiger partial charge in [-0.3, -0.25) is 4.79 Å². The van der Waals surface area contributed by atoms with Crippen molar-refractivity contribution in [2.24, 2.45) is 0 Å². The molecule has 1 heterocycles. The van der Waals surface area contributed by atoms with Crippen LogP contribution in [-0.2, 0) is 4.79 Å². The first-order valence-electron chi connectivity index (χ1n) is 5.08. The molecule has 1 atom stereocenters. The molecule has 1 rings (SSSR count). The van der Waals surface area contributed by atoms with E-state index in [1.54, 1.807) is 13.0 Å². The highest BCUT2D eigenvalue weighted by atomic mass is 16.5. The minimum Gasteiger partial charge on any atom is -0.360 e. The van der Waals surface area contributed by atoms with Gasteiger partial charge >= 0.3 is 0 Å². The van der Waals surface area contributed by atoms with Crippen LogP contribution in [0.1, 0.15) is 26.0 Å². The Morgan fingerprint density at radius 3 is 2.93 bits per heavy atom. The molecule has 5 nitrogen and oxygen atoms in total. The number of hydrogen-bond donors (Lipinski definition) is 2. The van der Waals surface area contributed by atoms with Crippen molar-refractivity contribution in [3.8, 4) is 0 Å². The van der Waals surface area contributed by atoms with Gasteiger partial charge in [-0.1, -0.05) is 12.1 Å². The molecule has 0 saturated carbocycles. The van der Waals surface area contributed by atoms with Crippen LogP contribution in [0.15, 0.2) is 10.6 Å². The molecule has 0 aromatic carbocycles. The normalized spacial score (nSPS) is 12.5. The molecule has 0 aliphatic rings. The lowest BCUT2D eigenvalue weighted by Gasteiger charge is -2.09. The molecule has 0 radical (unpaired) electrons. The highest BCUT2D eigenvalue weighted by Gasteiger charge is 2.06. The van der Waals surface area contributed by atoms with E-state index in [-0.39, 0.29) is 5.91 Å². The topological polar surface area (TPSA) is 67.2 Å². The molecule has 5 heteroatoms. The summed E-state index contributed by atoms with van der Waals surface area (Å²) in [4.78, 5) is 11.4. The van der Waals surface area contributed by atoms with E-state index < -0.39 is 0 Å². The molecule has 0 spiro atoms. The van der Waals surface area contributed by atoms with Crippen molar-refractivity contribution in [3.63, 3.8) is 0 Å². The number of aryl methyl sites for hydroxylation is 1. The van der Waals surface area contributed by atoms with Gasteiger partial charge in [0.25, 0.3) is 0 Å². The van der Waals surface area contributed by atoms with E-state index in [1.165, 1.54) is 0 Å². The minimum absolute atomic E-state index is 0.108. The van der Waals surface area contributed by atoms with Gasteiger partial charge in [-0.05, 0) is 20.3 Å². The third kappa shape index (κ3) is 4.12. The number of rotatable bonds is 5. The third-order valence-corrected chi connectivity index (χ3v) is 2.12.